The molecular weight excluding hydrogens is 304 g/mol. The maximum absolute atomic E-state index is 11.4. The Kier molecular flexibility index (Phi) is 4.75. The standard InChI is InChI=1S/C12H13BrO3S/c1-12(2,16-4)6-5-8-7-9(13)10(17-8)11(14)15-3/h7H,1-4H3. The van der Waals surface area contributed by atoms with Gasteiger partial charge in [0.25, 0.3) is 0 Å². The number of esters is 1. The van der Waals surface area contributed by atoms with Crippen molar-refractivity contribution >= 4 is 33.2 Å². The van der Waals surface area contributed by atoms with E-state index in [1.54, 1.807) is 13.2 Å². The number of thiophene rings is 1. The van der Waals surface area contributed by atoms with Crippen LogP contribution >= 0.6 is 27.3 Å². The summed E-state index contributed by atoms with van der Waals surface area (Å²) in [6.45, 7) is 3.76. The molecule has 0 radical (unpaired) electrons. The molecule has 0 saturated carbocycles. The summed E-state index contributed by atoms with van der Waals surface area (Å²) in [7, 11) is 2.97. The molecule has 17 heavy (non-hydrogen) atoms. The van der Waals surface area contributed by atoms with Crippen LogP contribution in [0.4, 0.5) is 0 Å². The summed E-state index contributed by atoms with van der Waals surface area (Å²) >= 11 is 4.60. The third-order valence-electron chi connectivity index (χ3n) is 2.05. The Morgan fingerprint density at radius 3 is 2.65 bits per heavy atom. The van der Waals surface area contributed by atoms with E-state index in [1.807, 2.05) is 13.8 Å². The molecule has 1 aromatic heterocycles. The summed E-state index contributed by atoms with van der Waals surface area (Å²) in [5, 5.41) is 0. The van der Waals surface area contributed by atoms with E-state index in [0.717, 1.165) is 4.88 Å². The maximum atomic E-state index is 11.4. The molecular formula is C12H13BrO3S. The zero-order valence-corrected chi connectivity index (χ0v) is 12.5. The van der Waals surface area contributed by atoms with Gasteiger partial charge in [0.1, 0.15) is 10.5 Å². The molecule has 0 spiro atoms. The molecule has 0 saturated heterocycles. The van der Waals surface area contributed by atoms with E-state index in [1.165, 1.54) is 18.4 Å². The van der Waals surface area contributed by atoms with Gasteiger partial charge in [0.05, 0.1) is 12.0 Å². The van der Waals surface area contributed by atoms with Crippen LogP contribution in [0.5, 0.6) is 0 Å². The van der Waals surface area contributed by atoms with Crippen LogP contribution in [0.2, 0.25) is 0 Å². The third-order valence-corrected chi connectivity index (χ3v) is 3.97. The van der Waals surface area contributed by atoms with E-state index in [9.17, 15) is 4.79 Å². The smallest absolute Gasteiger partial charge is 0.349 e. The molecule has 0 N–H and O–H groups in total. The van der Waals surface area contributed by atoms with Crippen molar-refractivity contribution in [2.75, 3.05) is 14.2 Å². The third kappa shape index (κ3) is 3.84. The largest absolute Gasteiger partial charge is 0.465 e. The van der Waals surface area contributed by atoms with Gasteiger partial charge in [0.2, 0.25) is 0 Å². The van der Waals surface area contributed by atoms with E-state index < -0.39 is 5.60 Å². The SMILES string of the molecule is COC(=O)c1sc(C#CC(C)(C)OC)cc1Br. The lowest BCUT2D eigenvalue weighted by atomic mass is 10.1. The minimum absolute atomic E-state index is 0.360. The minimum atomic E-state index is -0.498. The van der Waals surface area contributed by atoms with Crippen LogP contribution in [0.3, 0.4) is 0 Å². The molecule has 1 aromatic rings. The number of halogens is 1. The molecule has 0 aliphatic rings. The molecule has 3 nitrogen and oxygen atoms in total. The maximum Gasteiger partial charge on any atom is 0.349 e. The van der Waals surface area contributed by atoms with Gasteiger partial charge in [-0.15, -0.1) is 11.3 Å². The van der Waals surface area contributed by atoms with Gasteiger partial charge >= 0.3 is 5.97 Å². The van der Waals surface area contributed by atoms with Crippen molar-refractivity contribution in [2.45, 2.75) is 19.4 Å². The molecule has 1 heterocycles. The summed E-state index contributed by atoms with van der Waals surface area (Å²) in [5.74, 6) is 5.61. The second-order valence-corrected chi connectivity index (χ2v) is 5.65. The van der Waals surface area contributed by atoms with Crippen molar-refractivity contribution in [1.29, 1.82) is 0 Å². The van der Waals surface area contributed by atoms with E-state index in [2.05, 4.69) is 32.5 Å². The highest BCUT2D eigenvalue weighted by Gasteiger charge is 2.15. The summed E-state index contributed by atoms with van der Waals surface area (Å²) < 4.78 is 10.6. The molecule has 0 unspecified atom stereocenters. The van der Waals surface area contributed by atoms with Crippen molar-refractivity contribution in [3.8, 4) is 11.8 Å². The first kappa shape index (κ1) is 14.2. The summed E-state index contributed by atoms with van der Waals surface area (Å²) in [6.07, 6.45) is 0. The fourth-order valence-corrected chi connectivity index (χ4v) is 2.53. The van der Waals surface area contributed by atoms with Crippen molar-refractivity contribution in [2.24, 2.45) is 0 Å². The predicted octanol–water partition coefficient (Wildman–Crippen LogP) is 3.07. The van der Waals surface area contributed by atoms with E-state index >= 15 is 0 Å². The quantitative estimate of drug-likeness (QED) is 0.621. The zero-order chi connectivity index (χ0) is 13.1. The Hall–Kier alpha value is -0.830. The number of carbonyl (C=O) groups is 1. The van der Waals surface area contributed by atoms with Crippen LogP contribution in [0.15, 0.2) is 10.5 Å². The number of rotatable bonds is 2. The average molecular weight is 317 g/mol. The van der Waals surface area contributed by atoms with Crippen LogP contribution in [0.1, 0.15) is 28.4 Å². The van der Waals surface area contributed by atoms with Crippen LogP contribution in [0, 0.1) is 11.8 Å². The number of methoxy groups -OCH3 is 2. The molecule has 5 heteroatoms. The molecule has 92 valence electrons. The molecule has 0 fully saturated rings. The fraction of sp³-hybridized carbons (Fsp3) is 0.417. The van der Waals surface area contributed by atoms with E-state index in [0.29, 0.717) is 9.35 Å². The first-order valence-corrected chi connectivity index (χ1v) is 6.46. The summed E-state index contributed by atoms with van der Waals surface area (Å²) in [5.41, 5.74) is -0.498. The monoisotopic (exact) mass is 316 g/mol. The lowest BCUT2D eigenvalue weighted by Gasteiger charge is -2.13. The Morgan fingerprint density at radius 1 is 1.47 bits per heavy atom. The molecule has 0 amide bonds. The van der Waals surface area contributed by atoms with Gasteiger partial charge in [-0.05, 0) is 35.8 Å². The van der Waals surface area contributed by atoms with Gasteiger partial charge in [-0.2, -0.15) is 0 Å². The Balaban J connectivity index is 2.99. The van der Waals surface area contributed by atoms with Crippen LogP contribution < -0.4 is 0 Å². The van der Waals surface area contributed by atoms with Crippen LogP contribution in [-0.4, -0.2) is 25.8 Å². The second-order valence-electron chi connectivity index (χ2n) is 3.74. The van der Waals surface area contributed by atoms with Gasteiger partial charge in [-0.3, -0.25) is 0 Å². The lowest BCUT2D eigenvalue weighted by molar-refractivity contribution is 0.0605. The van der Waals surface area contributed by atoms with Gasteiger partial charge < -0.3 is 9.47 Å². The predicted molar refractivity (Wildman–Crippen MR) is 71.3 cm³/mol. The first-order chi connectivity index (χ1) is 7.89. The number of hydrogen-bond donors (Lipinski definition) is 0. The Morgan fingerprint density at radius 2 is 2.12 bits per heavy atom. The number of hydrogen-bond acceptors (Lipinski definition) is 4. The Labute approximate surface area is 113 Å². The molecule has 0 aromatic carbocycles. The average Bonchev–Trinajstić information content (AvgIpc) is 2.67. The van der Waals surface area contributed by atoms with Crippen LogP contribution in [-0.2, 0) is 9.47 Å². The summed E-state index contributed by atoms with van der Waals surface area (Å²) in [6, 6.07) is 1.80. The molecule has 1 rings (SSSR count). The Bertz CT molecular complexity index is 480. The van der Waals surface area contributed by atoms with Crippen molar-refractivity contribution in [3.63, 3.8) is 0 Å². The van der Waals surface area contributed by atoms with Crippen molar-refractivity contribution < 1.29 is 14.3 Å². The van der Waals surface area contributed by atoms with Gasteiger partial charge in [0, 0.05) is 11.6 Å². The van der Waals surface area contributed by atoms with E-state index in [4.69, 9.17) is 4.74 Å². The van der Waals surface area contributed by atoms with Gasteiger partial charge in [-0.25, -0.2) is 4.79 Å². The zero-order valence-electron chi connectivity index (χ0n) is 10.1. The highest BCUT2D eigenvalue weighted by atomic mass is 79.9. The molecule has 0 aliphatic carbocycles. The number of carbonyl (C=O) groups excluding carboxylic acids is 1. The van der Waals surface area contributed by atoms with Crippen molar-refractivity contribution in [3.05, 3.63) is 20.3 Å². The highest BCUT2D eigenvalue weighted by Crippen LogP contribution is 2.27. The van der Waals surface area contributed by atoms with Crippen LogP contribution in [0.25, 0.3) is 0 Å². The van der Waals surface area contributed by atoms with Gasteiger partial charge in [-0.1, -0.05) is 11.8 Å². The lowest BCUT2D eigenvalue weighted by Crippen LogP contribution is -2.19. The fourth-order valence-electron chi connectivity index (χ4n) is 0.925. The number of ether oxygens (including phenoxy) is 2. The normalized spacial score (nSPS) is 10.6. The summed E-state index contributed by atoms with van der Waals surface area (Å²) in [4.78, 5) is 12.7. The second kappa shape index (κ2) is 5.67. The van der Waals surface area contributed by atoms with Crippen molar-refractivity contribution in [1.82, 2.24) is 0 Å². The molecule has 0 bridgehead atoms. The highest BCUT2D eigenvalue weighted by molar-refractivity contribution is 9.10. The molecule has 0 aliphatic heterocycles. The van der Waals surface area contributed by atoms with E-state index in [-0.39, 0.29) is 5.97 Å². The topological polar surface area (TPSA) is 35.5 Å². The minimum Gasteiger partial charge on any atom is -0.465 e. The van der Waals surface area contributed by atoms with Gasteiger partial charge in [0.15, 0.2) is 0 Å². The first-order valence-electron chi connectivity index (χ1n) is 4.85. The molecule has 0 atom stereocenters.